The number of amides is 1. The summed E-state index contributed by atoms with van der Waals surface area (Å²) in [5.41, 5.74) is 3.91. The lowest BCUT2D eigenvalue weighted by atomic mass is 10.0. The summed E-state index contributed by atoms with van der Waals surface area (Å²) in [4.78, 5) is 25.7. The Morgan fingerprint density at radius 3 is 2.73 bits per heavy atom. The standard InChI is InChI=1S/C25H21N5O3/c1-16-22(15-33-28-16)18-6-7-21-19(13-18)8-11-30(25(21)32)14-17-4-3-5-20(12-17)24(31)26-23-9-10-29(2)27-23/h3-13,15H,14H2,1-2H3,(H,26,27,31). The van der Waals surface area contributed by atoms with Crippen molar-refractivity contribution < 1.29 is 9.32 Å². The second-order valence-electron chi connectivity index (χ2n) is 7.89. The van der Waals surface area contributed by atoms with E-state index < -0.39 is 0 Å². The predicted molar refractivity (Wildman–Crippen MR) is 125 cm³/mol. The fourth-order valence-electron chi connectivity index (χ4n) is 3.83. The van der Waals surface area contributed by atoms with Gasteiger partial charge in [0.25, 0.3) is 11.5 Å². The molecule has 0 fully saturated rings. The van der Waals surface area contributed by atoms with Crippen molar-refractivity contribution in [2.75, 3.05) is 5.32 Å². The summed E-state index contributed by atoms with van der Waals surface area (Å²) in [6.07, 6.45) is 5.14. The van der Waals surface area contributed by atoms with Gasteiger partial charge in [0, 0.05) is 42.0 Å². The Morgan fingerprint density at radius 1 is 1.09 bits per heavy atom. The van der Waals surface area contributed by atoms with E-state index in [1.165, 1.54) is 0 Å². The SMILES string of the molecule is Cc1nocc1-c1ccc2c(=O)n(Cc3cccc(C(=O)Nc4ccn(C)n4)c3)ccc2c1. The molecule has 0 atom stereocenters. The number of nitrogens with one attached hydrogen (secondary N) is 1. The van der Waals surface area contributed by atoms with E-state index >= 15 is 0 Å². The van der Waals surface area contributed by atoms with Gasteiger partial charge in [-0.1, -0.05) is 23.4 Å². The van der Waals surface area contributed by atoms with E-state index in [-0.39, 0.29) is 11.5 Å². The summed E-state index contributed by atoms with van der Waals surface area (Å²) < 4.78 is 8.29. The van der Waals surface area contributed by atoms with E-state index in [0.717, 1.165) is 27.8 Å². The number of nitrogens with zero attached hydrogens (tertiary/aromatic N) is 4. The van der Waals surface area contributed by atoms with E-state index in [1.54, 1.807) is 53.2 Å². The molecule has 164 valence electrons. The molecule has 2 aromatic carbocycles. The maximum Gasteiger partial charge on any atom is 0.258 e. The van der Waals surface area contributed by atoms with Crippen LogP contribution in [0.15, 0.2) is 82.6 Å². The van der Waals surface area contributed by atoms with Gasteiger partial charge < -0.3 is 14.4 Å². The molecule has 0 aliphatic carbocycles. The topological polar surface area (TPSA) is 95.0 Å². The van der Waals surface area contributed by atoms with Crippen LogP contribution in [0.25, 0.3) is 21.9 Å². The summed E-state index contributed by atoms with van der Waals surface area (Å²) in [7, 11) is 1.79. The molecule has 8 heteroatoms. The molecule has 3 aromatic heterocycles. The molecule has 0 radical (unpaired) electrons. The number of benzene rings is 2. The number of hydrogen-bond donors (Lipinski definition) is 1. The van der Waals surface area contributed by atoms with Gasteiger partial charge >= 0.3 is 0 Å². The molecule has 0 spiro atoms. The van der Waals surface area contributed by atoms with Gasteiger partial charge in [0.05, 0.1) is 12.2 Å². The summed E-state index contributed by atoms with van der Waals surface area (Å²) in [5, 5.41) is 12.3. The Hall–Kier alpha value is -4.46. The van der Waals surface area contributed by atoms with Gasteiger partial charge in [-0.2, -0.15) is 5.10 Å². The molecule has 8 nitrogen and oxygen atoms in total. The van der Waals surface area contributed by atoms with Crippen molar-refractivity contribution in [2.45, 2.75) is 13.5 Å². The van der Waals surface area contributed by atoms with Gasteiger partial charge in [0.15, 0.2) is 5.82 Å². The van der Waals surface area contributed by atoms with Crippen molar-refractivity contribution in [3.8, 4) is 11.1 Å². The summed E-state index contributed by atoms with van der Waals surface area (Å²) in [6.45, 7) is 2.23. The normalized spacial score (nSPS) is 11.1. The fourth-order valence-corrected chi connectivity index (χ4v) is 3.83. The van der Waals surface area contributed by atoms with Gasteiger partial charge in [0.2, 0.25) is 0 Å². The van der Waals surface area contributed by atoms with Crippen LogP contribution in [0.4, 0.5) is 5.82 Å². The van der Waals surface area contributed by atoms with E-state index in [4.69, 9.17) is 4.52 Å². The largest absolute Gasteiger partial charge is 0.364 e. The van der Waals surface area contributed by atoms with Gasteiger partial charge in [-0.05, 0) is 53.8 Å². The first-order valence-corrected chi connectivity index (χ1v) is 10.4. The van der Waals surface area contributed by atoms with Crippen LogP contribution in [0.2, 0.25) is 0 Å². The van der Waals surface area contributed by atoms with E-state index in [9.17, 15) is 9.59 Å². The highest BCUT2D eigenvalue weighted by molar-refractivity contribution is 6.03. The number of pyridine rings is 1. The van der Waals surface area contributed by atoms with Gasteiger partial charge in [-0.25, -0.2) is 0 Å². The molecule has 0 bridgehead atoms. The molecular weight excluding hydrogens is 418 g/mol. The third-order valence-corrected chi connectivity index (χ3v) is 5.54. The Kier molecular flexibility index (Phi) is 5.10. The van der Waals surface area contributed by atoms with Crippen molar-refractivity contribution in [1.82, 2.24) is 19.5 Å². The Balaban J connectivity index is 1.40. The van der Waals surface area contributed by atoms with Crippen LogP contribution < -0.4 is 10.9 Å². The summed E-state index contributed by atoms with van der Waals surface area (Å²) in [5.74, 6) is 0.234. The molecule has 0 aliphatic rings. The molecule has 5 rings (SSSR count). The van der Waals surface area contributed by atoms with E-state index in [1.807, 2.05) is 43.3 Å². The highest BCUT2D eigenvalue weighted by Crippen LogP contribution is 2.25. The number of carbonyl (C=O) groups is 1. The molecule has 0 saturated carbocycles. The second-order valence-corrected chi connectivity index (χ2v) is 7.89. The van der Waals surface area contributed by atoms with Crippen LogP contribution in [-0.2, 0) is 13.6 Å². The first-order valence-electron chi connectivity index (χ1n) is 10.4. The van der Waals surface area contributed by atoms with Crippen molar-refractivity contribution in [3.63, 3.8) is 0 Å². The second kappa shape index (κ2) is 8.23. The summed E-state index contributed by atoms with van der Waals surface area (Å²) in [6, 6.07) is 16.6. The maximum atomic E-state index is 13.1. The minimum atomic E-state index is -0.252. The van der Waals surface area contributed by atoms with Crippen LogP contribution in [0.3, 0.4) is 0 Å². The molecular formula is C25H21N5O3. The van der Waals surface area contributed by atoms with Crippen LogP contribution in [-0.4, -0.2) is 25.4 Å². The lowest BCUT2D eigenvalue weighted by Gasteiger charge is -2.10. The van der Waals surface area contributed by atoms with Crippen molar-refractivity contribution in [2.24, 2.45) is 7.05 Å². The van der Waals surface area contributed by atoms with E-state index in [2.05, 4.69) is 15.6 Å². The molecule has 0 saturated heterocycles. The smallest absolute Gasteiger partial charge is 0.258 e. The fraction of sp³-hybridized carbons (Fsp3) is 0.120. The molecule has 1 amide bonds. The quantitative estimate of drug-likeness (QED) is 0.447. The highest BCUT2D eigenvalue weighted by Gasteiger charge is 2.11. The van der Waals surface area contributed by atoms with Crippen LogP contribution >= 0.6 is 0 Å². The average Bonchev–Trinajstić information content (AvgIpc) is 3.43. The van der Waals surface area contributed by atoms with Crippen molar-refractivity contribution in [1.29, 1.82) is 0 Å². The third-order valence-electron chi connectivity index (χ3n) is 5.54. The van der Waals surface area contributed by atoms with Crippen LogP contribution in [0.1, 0.15) is 21.6 Å². The Labute approximate surface area is 189 Å². The number of rotatable bonds is 5. The number of aryl methyl sites for hydroxylation is 2. The number of anilines is 1. The molecule has 33 heavy (non-hydrogen) atoms. The van der Waals surface area contributed by atoms with Gasteiger partial charge in [0.1, 0.15) is 6.26 Å². The molecule has 0 unspecified atom stereocenters. The lowest BCUT2D eigenvalue weighted by molar-refractivity contribution is 0.102. The third kappa shape index (κ3) is 4.06. The number of fused-ring (bicyclic) bond motifs is 1. The molecule has 1 N–H and O–H groups in total. The molecule has 3 heterocycles. The van der Waals surface area contributed by atoms with E-state index in [0.29, 0.717) is 23.3 Å². The monoisotopic (exact) mass is 439 g/mol. The zero-order valence-corrected chi connectivity index (χ0v) is 18.1. The van der Waals surface area contributed by atoms with Gasteiger partial charge in [-0.3, -0.25) is 14.3 Å². The Bertz CT molecular complexity index is 1540. The van der Waals surface area contributed by atoms with Crippen molar-refractivity contribution >= 4 is 22.5 Å². The summed E-state index contributed by atoms with van der Waals surface area (Å²) >= 11 is 0. The molecule has 5 aromatic rings. The first kappa shape index (κ1) is 20.4. The van der Waals surface area contributed by atoms with Crippen LogP contribution in [0.5, 0.6) is 0 Å². The number of aromatic nitrogens is 4. The molecule has 0 aliphatic heterocycles. The minimum absolute atomic E-state index is 0.0931. The first-order chi connectivity index (χ1) is 16.0. The van der Waals surface area contributed by atoms with Crippen LogP contribution in [0, 0.1) is 6.92 Å². The Morgan fingerprint density at radius 2 is 1.97 bits per heavy atom. The predicted octanol–water partition coefficient (Wildman–Crippen LogP) is 4.00. The lowest BCUT2D eigenvalue weighted by Crippen LogP contribution is -2.20. The zero-order chi connectivity index (χ0) is 22.9. The maximum absolute atomic E-state index is 13.1. The zero-order valence-electron chi connectivity index (χ0n) is 18.1. The number of carbonyl (C=O) groups excluding carboxylic acids is 1. The highest BCUT2D eigenvalue weighted by atomic mass is 16.5. The number of hydrogen-bond acceptors (Lipinski definition) is 5. The average molecular weight is 439 g/mol. The minimum Gasteiger partial charge on any atom is -0.364 e. The van der Waals surface area contributed by atoms with Gasteiger partial charge in [-0.15, -0.1) is 0 Å². The van der Waals surface area contributed by atoms with Crippen molar-refractivity contribution in [3.05, 3.63) is 100 Å².